The van der Waals surface area contributed by atoms with Gasteiger partial charge >= 0.3 is 0 Å². The first-order chi connectivity index (χ1) is 14.6. The SMILES string of the molecule is COc1ccc2c3c1O[C@H]1[C@@H](O)C=C(/C=C/c4ccccc4)[C@H]4[C@@H](C2)N(C)CC[C@]314. The summed E-state index contributed by atoms with van der Waals surface area (Å²) >= 11 is 0. The van der Waals surface area contributed by atoms with Gasteiger partial charge in [0.15, 0.2) is 11.5 Å². The predicted octanol–water partition coefficient (Wildman–Crippen LogP) is 3.58. The fourth-order valence-corrected chi connectivity index (χ4v) is 6.51. The van der Waals surface area contributed by atoms with E-state index in [0.717, 1.165) is 30.9 Å². The summed E-state index contributed by atoms with van der Waals surface area (Å²) in [6, 6.07) is 15.0. The normalized spacial score (nSPS) is 33.8. The number of aliphatic hydroxyl groups excluding tert-OH is 1. The van der Waals surface area contributed by atoms with Crippen LogP contribution < -0.4 is 9.47 Å². The van der Waals surface area contributed by atoms with E-state index in [0.29, 0.717) is 12.0 Å². The smallest absolute Gasteiger partial charge is 0.165 e. The summed E-state index contributed by atoms with van der Waals surface area (Å²) in [7, 11) is 3.93. The molecule has 0 saturated carbocycles. The third kappa shape index (κ3) is 2.29. The van der Waals surface area contributed by atoms with Gasteiger partial charge in [-0.3, -0.25) is 0 Å². The molecule has 1 fully saturated rings. The highest BCUT2D eigenvalue weighted by molar-refractivity contribution is 5.64. The second kappa shape index (κ2) is 6.47. The van der Waals surface area contributed by atoms with Crippen molar-refractivity contribution in [3.05, 3.63) is 76.9 Å². The van der Waals surface area contributed by atoms with E-state index >= 15 is 0 Å². The first kappa shape index (κ1) is 18.2. The molecule has 2 heterocycles. The van der Waals surface area contributed by atoms with E-state index in [4.69, 9.17) is 9.47 Å². The molecule has 0 aromatic heterocycles. The lowest BCUT2D eigenvalue weighted by molar-refractivity contribution is -0.0487. The molecular weight excluding hydrogens is 374 g/mol. The maximum Gasteiger partial charge on any atom is 0.165 e. The van der Waals surface area contributed by atoms with E-state index in [9.17, 15) is 5.11 Å². The van der Waals surface area contributed by atoms with Crippen LogP contribution in [0.5, 0.6) is 11.5 Å². The molecular formula is C26H27NO3. The maximum atomic E-state index is 11.2. The molecule has 154 valence electrons. The zero-order valence-corrected chi connectivity index (χ0v) is 17.4. The van der Waals surface area contributed by atoms with E-state index in [1.165, 1.54) is 22.3 Å². The van der Waals surface area contributed by atoms with Crippen molar-refractivity contribution in [3.63, 3.8) is 0 Å². The number of benzene rings is 2. The molecule has 4 heteroatoms. The summed E-state index contributed by atoms with van der Waals surface area (Å²) in [6.45, 7) is 1.01. The number of hydrogen-bond acceptors (Lipinski definition) is 4. The molecule has 0 amide bonds. The highest BCUT2D eigenvalue weighted by atomic mass is 16.5. The van der Waals surface area contributed by atoms with Gasteiger partial charge in [-0.05, 0) is 55.3 Å². The molecule has 30 heavy (non-hydrogen) atoms. The molecule has 2 aromatic rings. The molecule has 2 aliphatic heterocycles. The first-order valence-corrected chi connectivity index (χ1v) is 10.8. The Morgan fingerprint density at radius 1 is 1.17 bits per heavy atom. The van der Waals surface area contributed by atoms with Crippen molar-refractivity contribution in [3.8, 4) is 11.5 Å². The van der Waals surface area contributed by atoms with Crippen LogP contribution in [0, 0.1) is 5.92 Å². The minimum atomic E-state index is -0.635. The van der Waals surface area contributed by atoms with Gasteiger partial charge in [-0.2, -0.15) is 0 Å². The van der Waals surface area contributed by atoms with Gasteiger partial charge in [-0.15, -0.1) is 0 Å². The van der Waals surface area contributed by atoms with Crippen molar-refractivity contribution >= 4 is 6.08 Å². The van der Waals surface area contributed by atoms with Gasteiger partial charge in [0, 0.05) is 22.9 Å². The number of likely N-dealkylation sites (tertiary alicyclic amines) is 1. The number of piperidine rings is 1. The Kier molecular flexibility index (Phi) is 3.93. The summed E-state index contributed by atoms with van der Waals surface area (Å²) in [4.78, 5) is 2.50. The van der Waals surface area contributed by atoms with Crippen LogP contribution in [0.2, 0.25) is 0 Å². The molecule has 5 atom stereocenters. The first-order valence-electron chi connectivity index (χ1n) is 10.8. The van der Waals surface area contributed by atoms with Gasteiger partial charge in [-0.1, -0.05) is 48.6 Å². The molecule has 4 nitrogen and oxygen atoms in total. The summed E-state index contributed by atoms with van der Waals surface area (Å²) < 4.78 is 12.1. The fourth-order valence-electron chi connectivity index (χ4n) is 6.51. The molecule has 1 N–H and O–H groups in total. The van der Waals surface area contributed by atoms with E-state index in [-0.39, 0.29) is 11.5 Å². The number of allylic oxidation sites excluding steroid dienone is 1. The van der Waals surface area contributed by atoms with Gasteiger partial charge in [0.05, 0.1) is 7.11 Å². The Morgan fingerprint density at radius 3 is 2.80 bits per heavy atom. The molecule has 6 rings (SSSR count). The molecule has 0 unspecified atom stereocenters. The number of hydrogen-bond donors (Lipinski definition) is 1. The lowest BCUT2D eigenvalue weighted by Crippen LogP contribution is -2.65. The number of nitrogens with zero attached hydrogens (tertiary/aromatic N) is 1. The second-order valence-corrected chi connectivity index (χ2v) is 9.09. The van der Waals surface area contributed by atoms with Crippen LogP contribution in [0.3, 0.4) is 0 Å². The zero-order chi connectivity index (χ0) is 20.5. The Bertz CT molecular complexity index is 1060. The van der Waals surface area contributed by atoms with Gasteiger partial charge < -0.3 is 19.5 Å². The van der Waals surface area contributed by atoms with E-state index in [1.807, 2.05) is 18.2 Å². The number of aliphatic hydroxyl groups is 1. The van der Waals surface area contributed by atoms with Gasteiger partial charge in [-0.25, -0.2) is 0 Å². The molecule has 0 radical (unpaired) electrons. The molecule has 1 spiro atoms. The Balaban J connectivity index is 1.54. The van der Waals surface area contributed by atoms with Crippen molar-refractivity contribution in [2.75, 3.05) is 20.7 Å². The molecule has 2 aromatic carbocycles. The molecule has 2 aliphatic carbocycles. The van der Waals surface area contributed by atoms with Crippen molar-refractivity contribution in [1.82, 2.24) is 4.90 Å². The number of rotatable bonds is 3. The van der Waals surface area contributed by atoms with E-state index in [2.05, 4.69) is 54.4 Å². The largest absolute Gasteiger partial charge is 0.493 e. The standard InChI is InChI=1S/C26H27NO3/c1-27-13-12-26-22-18(9-8-16-6-4-3-5-7-16)15-20(28)25(26)30-24-21(29-2)11-10-17(23(24)26)14-19(22)27/h3-11,15,19-20,22,25,28H,12-14H2,1-2H3/b9-8+/t19-,20+,22+,25+,26+/m1/s1. The van der Waals surface area contributed by atoms with E-state index < -0.39 is 6.10 Å². The predicted molar refractivity (Wildman–Crippen MR) is 117 cm³/mol. The van der Waals surface area contributed by atoms with E-state index in [1.54, 1.807) is 7.11 Å². The Hall–Kier alpha value is -2.56. The van der Waals surface area contributed by atoms with Crippen LogP contribution in [-0.4, -0.2) is 49.0 Å². The van der Waals surface area contributed by atoms with Crippen molar-refractivity contribution in [2.45, 2.75) is 36.5 Å². The summed E-state index contributed by atoms with van der Waals surface area (Å²) in [5.74, 6) is 1.93. The van der Waals surface area contributed by atoms with Crippen LogP contribution in [0.15, 0.2) is 60.2 Å². The fraction of sp³-hybridized carbons (Fsp3) is 0.385. The van der Waals surface area contributed by atoms with Crippen molar-refractivity contribution < 1.29 is 14.6 Å². The van der Waals surface area contributed by atoms with Crippen LogP contribution in [-0.2, 0) is 11.8 Å². The van der Waals surface area contributed by atoms with Crippen LogP contribution in [0.1, 0.15) is 23.1 Å². The average Bonchev–Trinajstić information content (AvgIpc) is 3.12. The van der Waals surface area contributed by atoms with Gasteiger partial charge in [0.2, 0.25) is 0 Å². The summed E-state index contributed by atoms with van der Waals surface area (Å²) in [5, 5.41) is 11.2. The number of methoxy groups -OCH3 is 1. The minimum Gasteiger partial charge on any atom is -0.493 e. The highest BCUT2D eigenvalue weighted by Gasteiger charge is 2.65. The van der Waals surface area contributed by atoms with Crippen LogP contribution >= 0.6 is 0 Å². The third-order valence-electron chi connectivity index (χ3n) is 7.76. The van der Waals surface area contributed by atoms with Crippen molar-refractivity contribution in [1.29, 1.82) is 0 Å². The van der Waals surface area contributed by atoms with Crippen LogP contribution in [0.25, 0.3) is 6.08 Å². The Morgan fingerprint density at radius 2 is 2.00 bits per heavy atom. The zero-order valence-electron chi connectivity index (χ0n) is 17.4. The lowest BCUT2D eigenvalue weighted by Gasteiger charge is -2.58. The molecule has 2 bridgehead atoms. The molecule has 1 saturated heterocycles. The monoisotopic (exact) mass is 401 g/mol. The maximum absolute atomic E-state index is 11.2. The second-order valence-electron chi connectivity index (χ2n) is 9.09. The average molecular weight is 402 g/mol. The van der Waals surface area contributed by atoms with Gasteiger partial charge in [0.25, 0.3) is 0 Å². The summed E-state index contributed by atoms with van der Waals surface area (Å²) in [5.41, 5.74) is 4.84. The summed E-state index contributed by atoms with van der Waals surface area (Å²) in [6.07, 6.45) is 7.51. The Labute approximate surface area is 177 Å². The lowest BCUT2D eigenvalue weighted by atomic mass is 9.51. The number of likely N-dealkylation sites (N-methyl/N-ethyl adjacent to an activating group) is 1. The highest BCUT2D eigenvalue weighted by Crippen LogP contribution is 2.64. The quantitative estimate of drug-likeness (QED) is 0.854. The van der Waals surface area contributed by atoms with Crippen LogP contribution in [0.4, 0.5) is 0 Å². The van der Waals surface area contributed by atoms with Gasteiger partial charge in [0.1, 0.15) is 12.2 Å². The third-order valence-corrected chi connectivity index (χ3v) is 7.76. The van der Waals surface area contributed by atoms with Crippen molar-refractivity contribution in [2.24, 2.45) is 5.92 Å². The topological polar surface area (TPSA) is 41.9 Å². The molecule has 4 aliphatic rings. The number of ether oxygens (including phenoxy) is 2. The minimum absolute atomic E-state index is 0.195.